The molecule has 1 aliphatic carbocycles. The highest BCUT2D eigenvalue weighted by molar-refractivity contribution is 5.88. The van der Waals surface area contributed by atoms with E-state index in [9.17, 15) is 9.90 Å². The van der Waals surface area contributed by atoms with Crippen molar-refractivity contribution in [2.24, 2.45) is 11.8 Å². The van der Waals surface area contributed by atoms with Crippen LogP contribution in [0.25, 0.3) is 5.57 Å². The van der Waals surface area contributed by atoms with Gasteiger partial charge in [0.1, 0.15) is 0 Å². The summed E-state index contributed by atoms with van der Waals surface area (Å²) >= 11 is 0. The number of nitrogens with zero attached hydrogens (tertiary/aromatic N) is 1. The first-order valence-electron chi connectivity index (χ1n) is 11.4. The van der Waals surface area contributed by atoms with Crippen molar-refractivity contribution in [3.63, 3.8) is 0 Å². The minimum Gasteiger partial charge on any atom is -0.369 e. The maximum absolute atomic E-state index is 13.1. The lowest BCUT2D eigenvalue weighted by atomic mass is 9.86. The van der Waals surface area contributed by atoms with Crippen LogP contribution in [0.5, 0.6) is 0 Å². The van der Waals surface area contributed by atoms with Crippen LogP contribution in [0.3, 0.4) is 0 Å². The lowest BCUT2D eigenvalue weighted by Gasteiger charge is -2.30. The Morgan fingerprint density at radius 3 is 2.55 bits per heavy atom. The van der Waals surface area contributed by atoms with Crippen molar-refractivity contribution in [1.29, 1.82) is 0 Å². The van der Waals surface area contributed by atoms with Gasteiger partial charge in [-0.15, -0.1) is 0 Å². The van der Waals surface area contributed by atoms with E-state index in [1.165, 1.54) is 35.1 Å². The molecule has 1 aromatic rings. The standard InChI is InChI=1S/C25H38N2O2/c1-6-8-11-17(10-7-2)20-14-18-12-9-13-19-15-27(5)23(16(3)4)25(29)26-24(28)22(20)21(18)19/h9,12-13,16-17,23-24,28H,6-8,10-11,14-15H2,1-5H3,(H,26,29). The van der Waals surface area contributed by atoms with Crippen LogP contribution in [0.1, 0.15) is 76.5 Å². The van der Waals surface area contributed by atoms with Crippen LogP contribution in [0.4, 0.5) is 0 Å². The number of hydrogen-bond donors (Lipinski definition) is 2. The van der Waals surface area contributed by atoms with Gasteiger partial charge in [-0.05, 0) is 54.8 Å². The molecule has 4 heteroatoms. The van der Waals surface area contributed by atoms with Crippen LogP contribution in [0, 0.1) is 11.8 Å². The molecule has 0 saturated carbocycles. The van der Waals surface area contributed by atoms with Gasteiger partial charge in [0.25, 0.3) is 0 Å². The molecule has 2 N–H and O–H groups in total. The van der Waals surface area contributed by atoms with Crippen LogP contribution in [0.2, 0.25) is 0 Å². The smallest absolute Gasteiger partial charge is 0.239 e. The molecule has 3 atom stereocenters. The average molecular weight is 399 g/mol. The number of benzene rings is 1. The Balaban J connectivity index is 2.11. The molecule has 3 rings (SSSR count). The Morgan fingerprint density at radius 1 is 1.17 bits per heavy atom. The van der Waals surface area contributed by atoms with Crippen molar-refractivity contribution in [1.82, 2.24) is 10.2 Å². The molecule has 1 amide bonds. The Kier molecular flexibility index (Phi) is 7.18. The van der Waals surface area contributed by atoms with E-state index in [0.717, 1.165) is 37.8 Å². The number of amides is 1. The van der Waals surface area contributed by atoms with Crippen molar-refractivity contribution >= 4 is 11.5 Å². The van der Waals surface area contributed by atoms with Crippen molar-refractivity contribution in [3.8, 4) is 0 Å². The number of nitrogens with one attached hydrogen (secondary N) is 1. The number of carbonyl (C=O) groups excluding carboxylic acids is 1. The SMILES string of the molecule is CCCCC(CCC)C1=C2c3c(cccc3CN(C)C(C(C)C)C(=O)NC2O)C1. The number of allylic oxidation sites excluding steroid dienone is 1. The molecule has 29 heavy (non-hydrogen) atoms. The van der Waals surface area contributed by atoms with Crippen molar-refractivity contribution < 1.29 is 9.90 Å². The summed E-state index contributed by atoms with van der Waals surface area (Å²) in [6.45, 7) is 9.33. The van der Waals surface area contributed by atoms with Crippen LogP contribution in [-0.2, 0) is 17.8 Å². The summed E-state index contributed by atoms with van der Waals surface area (Å²) in [4.78, 5) is 15.2. The van der Waals surface area contributed by atoms with E-state index in [2.05, 4.69) is 56.1 Å². The van der Waals surface area contributed by atoms with E-state index in [1.807, 2.05) is 7.05 Å². The van der Waals surface area contributed by atoms with Gasteiger partial charge in [-0.3, -0.25) is 9.69 Å². The van der Waals surface area contributed by atoms with E-state index in [4.69, 9.17) is 0 Å². The molecule has 160 valence electrons. The topological polar surface area (TPSA) is 52.6 Å². The Hall–Kier alpha value is -1.65. The maximum atomic E-state index is 13.1. The van der Waals surface area contributed by atoms with Crippen LogP contribution in [0.15, 0.2) is 23.8 Å². The van der Waals surface area contributed by atoms with Gasteiger partial charge in [0, 0.05) is 12.1 Å². The van der Waals surface area contributed by atoms with Gasteiger partial charge in [0.05, 0.1) is 6.04 Å². The van der Waals surface area contributed by atoms with Crippen molar-refractivity contribution in [3.05, 3.63) is 40.5 Å². The lowest BCUT2D eigenvalue weighted by molar-refractivity contribution is -0.129. The third kappa shape index (κ3) is 4.44. The monoisotopic (exact) mass is 398 g/mol. The Bertz CT molecular complexity index is 768. The summed E-state index contributed by atoms with van der Waals surface area (Å²) in [5.74, 6) is 0.564. The van der Waals surface area contributed by atoms with E-state index in [0.29, 0.717) is 5.92 Å². The summed E-state index contributed by atoms with van der Waals surface area (Å²) in [7, 11) is 2.02. The summed E-state index contributed by atoms with van der Waals surface area (Å²) < 4.78 is 0. The summed E-state index contributed by atoms with van der Waals surface area (Å²) in [6, 6.07) is 6.24. The third-order valence-electron chi connectivity index (χ3n) is 6.62. The highest BCUT2D eigenvalue weighted by Gasteiger charge is 2.37. The molecule has 0 fully saturated rings. The minimum absolute atomic E-state index is 0.0799. The van der Waals surface area contributed by atoms with E-state index >= 15 is 0 Å². The molecule has 1 heterocycles. The van der Waals surface area contributed by atoms with E-state index in [-0.39, 0.29) is 17.9 Å². The predicted octanol–water partition coefficient (Wildman–Crippen LogP) is 4.51. The minimum atomic E-state index is -0.936. The molecule has 0 aromatic heterocycles. The van der Waals surface area contributed by atoms with E-state index in [1.54, 1.807) is 0 Å². The molecule has 3 unspecified atom stereocenters. The summed E-state index contributed by atoms with van der Waals surface area (Å²) in [5, 5.41) is 14.2. The van der Waals surface area contributed by atoms with Crippen molar-refractivity contribution in [2.45, 2.75) is 85.0 Å². The molecule has 1 aliphatic heterocycles. The van der Waals surface area contributed by atoms with Crippen LogP contribution < -0.4 is 5.32 Å². The molecule has 1 aromatic carbocycles. The second-order valence-corrected chi connectivity index (χ2v) is 9.21. The van der Waals surface area contributed by atoms with Crippen molar-refractivity contribution in [2.75, 3.05) is 7.05 Å². The largest absolute Gasteiger partial charge is 0.369 e. The van der Waals surface area contributed by atoms with Gasteiger partial charge in [0.2, 0.25) is 5.91 Å². The molecule has 0 spiro atoms. The first kappa shape index (κ1) is 22.0. The highest BCUT2D eigenvalue weighted by Crippen LogP contribution is 2.43. The fraction of sp³-hybridized carbons (Fsp3) is 0.640. The fourth-order valence-electron chi connectivity index (χ4n) is 5.38. The number of hydrogen-bond acceptors (Lipinski definition) is 3. The van der Waals surface area contributed by atoms with Crippen LogP contribution >= 0.6 is 0 Å². The van der Waals surface area contributed by atoms with Crippen LogP contribution in [-0.4, -0.2) is 35.2 Å². The second kappa shape index (κ2) is 9.44. The third-order valence-corrected chi connectivity index (χ3v) is 6.62. The van der Waals surface area contributed by atoms with Gasteiger partial charge >= 0.3 is 0 Å². The highest BCUT2D eigenvalue weighted by atomic mass is 16.3. The zero-order valence-corrected chi connectivity index (χ0v) is 18.8. The van der Waals surface area contributed by atoms with Gasteiger partial charge in [0.15, 0.2) is 6.23 Å². The average Bonchev–Trinajstić information content (AvgIpc) is 3.05. The molecular weight excluding hydrogens is 360 g/mol. The first-order valence-corrected chi connectivity index (χ1v) is 11.4. The number of unbranched alkanes of at least 4 members (excludes halogenated alkanes) is 1. The van der Waals surface area contributed by atoms with Gasteiger partial charge in [-0.25, -0.2) is 0 Å². The maximum Gasteiger partial charge on any atom is 0.239 e. The zero-order valence-electron chi connectivity index (χ0n) is 18.8. The molecule has 0 bridgehead atoms. The number of carbonyl (C=O) groups is 1. The summed E-state index contributed by atoms with van der Waals surface area (Å²) in [6.07, 6.45) is 5.77. The number of aliphatic hydroxyl groups excluding tert-OH is 1. The quantitative estimate of drug-likeness (QED) is 0.711. The molecular formula is C25H38N2O2. The number of aliphatic hydroxyl groups is 1. The normalized spacial score (nSPS) is 23.5. The zero-order chi connectivity index (χ0) is 21.1. The lowest BCUT2D eigenvalue weighted by Crippen LogP contribution is -2.50. The molecule has 0 saturated heterocycles. The number of rotatable bonds is 7. The summed E-state index contributed by atoms with van der Waals surface area (Å²) in [5.41, 5.74) is 6.04. The fourth-order valence-corrected chi connectivity index (χ4v) is 5.38. The second-order valence-electron chi connectivity index (χ2n) is 9.21. The number of likely N-dealkylation sites (N-methyl/N-ethyl adjacent to an activating group) is 1. The van der Waals surface area contributed by atoms with Gasteiger partial charge in [-0.2, -0.15) is 0 Å². The molecule has 4 nitrogen and oxygen atoms in total. The molecule has 2 aliphatic rings. The van der Waals surface area contributed by atoms with E-state index < -0.39 is 6.23 Å². The Labute approximate surface area is 176 Å². The first-order chi connectivity index (χ1) is 13.9. The Morgan fingerprint density at radius 2 is 1.90 bits per heavy atom. The van der Waals surface area contributed by atoms with Gasteiger partial charge < -0.3 is 10.4 Å². The molecule has 0 radical (unpaired) electrons. The predicted molar refractivity (Wildman–Crippen MR) is 119 cm³/mol. The van der Waals surface area contributed by atoms with Gasteiger partial charge in [-0.1, -0.05) is 70.7 Å².